The average molecular weight is 348 g/mol. The van der Waals surface area contributed by atoms with Crippen LogP contribution in [0.5, 0.6) is 6.01 Å². The number of carbonyl (C=O) groups excluding carboxylic acids is 1. The molecule has 0 radical (unpaired) electrons. The summed E-state index contributed by atoms with van der Waals surface area (Å²) in [5, 5.41) is 0. The standard InChI is InChI=1S/C17H28N6O2/c1-21(2)14(24)13-9-8-12-23(13)16-18-15(19-17(20-16)25-3)22-10-6-4-5-7-11-22/h13H,4-12H2,1-3H3. The molecule has 1 aromatic heterocycles. The second-order valence-corrected chi connectivity index (χ2v) is 6.91. The summed E-state index contributed by atoms with van der Waals surface area (Å²) in [4.78, 5) is 31.9. The van der Waals surface area contributed by atoms with Crippen LogP contribution in [0.1, 0.15) is 38.5 Å². The van der Waals surface area contributed by atoms with Crippen molar-refractivity contribution < 1.29 is 9.53 Å². The van der Waals surface area contributed by atoms with Gasteiger partial charge in [-0.2, -0.15) is 15.0 Å². The molecule has 2 saturated heterocycles. The Morgan fingerprint density at radius 2 is 1.68 bits per heavy atom. The summed E-state index contributed by atoms with van der Waals surface area (Å²) in [5.74, 6) is 1.30. The number of ether oxygens (including phenoxy) is 1. The molecule has 0 bridgehead atoms. The van der Waals surface area contributed by atoms with Crippen molar-refractivity contribution in [3.05, 3.63) is 0 Å². The second-order valence-electron chi connectivity index (χ2n) is 6.91. The highest BCUT2D eigenvalue weighted by Crippen LogP contribution is 2.27. The lowest BCUT2D eigenvalue weighted by Gasteiger charge is -2.27. The third-order valence-corrected chi connectivity index (χ3v) is 4.90. The molecule has 2 fully saturated rings. The van der Waals surface area contributed by atoms with E-state index >= 15 is 0 Å². The van der Waals surface area contributed by atoms with Crippen LogP contribution in [0.2, 0.25) is 0 Å². The summed E-state index contributed by atoms with van der Waals surface area (Å²) in [6.07, 6.45) is 6.57. The fourth-order valence-corrected chi connectivity index (χ4v) is 3.53. The molecule has 8 nitrogen and oxygen atoms in total. The number of amides is 1. The van der Waals surface area contributed by atoms with Crippen molar-refractivity contribution in [2.75, 3.05) is 50.6 Å². The minimum atomic E-state index is -0.209. The van der Waals surface area contributed by atoms with Crippen LogP contribution < -0.4 is 14.5 Å². The third kappa shape index (κ3) is 3.93. The third-order valence-electron chi connectivity index (χ3n) is 4.90. The molecule has 0 aromatic carbocycles. The fraction of sp³-hybridized carbons (Fsp3) is 0.765. The van der Waals surface area contributed by atoms with E-state index in [2.05, 4.69) is 14.9 Å². The Bertz CT molecular complexity index is 601. The van der Waals surface area contributed by atoms with Gasteiger partial charge in [0.2, 0.25) is 17.8 Å². The smallest absolute Gasteiger partial charge is 0.322 e. The van der Waals surface area contributed by atoms with E-state index in [1.807, 2.05) is 4.90 Å². The van der Waals surface area contributed by atoms with Gasteiger partial charge in [0.05, 0.1) is 7.11 Å². The summed E-state index contributed by atoms with van der Waals surface area (Å²) in [5.41, 5.74) is 0. The Balaban J connectivity index is 1.89. The van der Waals surface area contributed by atoms with Crippen molar-refractivity contribution >= 4 is 17.8 Å². The average Bonchev–Trinajstić information content (AvgIpc) is 2.95. The van der Waals surface area contributed by atoms with E-state index in [-0.39, 0.29) is 11.9 Å². The summed E-state index contributed by atoms with van der Waals surface area (Å²) >= 11 is 0. The van der Waals surface area contributed by atoms with Crippen LogP contribution in [0.3, 0.4) is 0 Å². The first kappa shape index (κ1) is 17.7. The maximum atomic E-state index is 12.5. The molecule has 1 amide bonds. The van der Waals surface area contributed by atoms with Gasteiger partial charge in [0.15, 0.2) is 0 Å². The summed E-state index contributed by atoms with van der Waals surface area (Å²) in [7, 11) is 5.14. The predicted molar refractivity (Wildman–Crippen MR) is 96.1 cm³/mol. The number of anilines is 2. The topological polar surface area (TPSA) is 74.7 Å². The molecule has 138 valence electrons. The molecule has 8 heteroatoms. The first-order valence-electron chi connectivity index (χ1n) is 9.13. The van der Waals surface area contributed by atoms with Crippen LogP contribution in [0, 0.1) is 0 Å². The lowest BCUT2D eigenvalue weighted by Crippen LogP contribution is -2.43. The van der Waals surface area contributed by atoms with Gasteiger partial charge < -0.3 is 19.4 Å². The molecule has 2 aliphatic heterocycles. The van der Waals surface area contributed by atoms with Crippen LogP contribution in [0.4, 0.5) is 11.9 Å². The molecular formula is C17H28N6O2. The molecule has 1 aromatic rings. The van der Waals surface area contributed by atoms with Crippen molar-refractivity contribution in [3.8, 4) is 6.01 Å². The summed E-state index contributed by atoms with van der Waals surface area (Å²) in [6.45, 7) is 2.68. The van der Waals surface area contributed by atoms with Crippen LogP contribution >= 0.6 is 0 Å². The van der Waals surface area contributed by atoms with E-state index < -0.39 is 0 Å². The summed E-state index contributed by atoms with van der Waals surface area (Å²) in [6, 6.07) is 0.103. The molecule has 0 N–H and O–H groups in total. The van der Waals surface area contributed by atoms with Gasteiger partial charge in [-0.1, -0.05) is 12.8 Å². The van der Waals surface area contributed by atoms with E-state index in [4.69, 9.17) is 9.72 Å². The minimum Gasteiger partial charge on any atom is -0.467 e. The van der Waals surface area contributed by atoms with Gasteiger partial charge in [0.1, 0.15) is 6.04 Å². The van der Waals surface area contributed by atoms with Gasteiger partial charge >= 0.3 is 6.01 Å². The quantitative estimate of drug-likeness (QED) is 0.812. The van der Waals surface area contributed by atoms with Gasteiger partial charge in [-0.15, -0.1) is 0 Å². The van der Waals surface area contributed by atoms with Gasteiger partial charge in [0, 0.05) is 33.7 Å². The molecule has 1 atom stereocenters. The highest BCUT2D eigenvalue weighted by Gasteiger charge is 2.34. The summed E-state index contributed by atoms with van der Waals surface area (Å²) < 4.78 is 5.31. The predicted octanol–water partition coefficient (Wildman–Crippen LogP) is 1.32. The molecule has 25 heavy (non-hydrogen) atoms. The zero-order chi connectivity index (χ0) is 17.8. The molecule has 0 aliphatic carbocycles. The second kappa shape index (κ2) is 7.84. The van der Waals surface area contributed by atoms with E-state index in [1.54, 1.807) is 26.1 Å². The Morgan fingerprint density at radius 1 is 1.00 bits per heavy atom. The van der Waals surface area contributed by atoms with Crippen molar-refractivity contribution in [2.45, 2.75) is 44.6 Å². The van der Waals surface area contributed by atoms with Gasteiger partial charge in [0.25, 0.3) is 0 Å². The number of carbonyl (C=O) groups is 1. The number of methoxy groups -OCH3 is 1. The Hall–Kier alpha value is -2.12. The van der Waals surface area contributed by atoms with E-state index in [0.717, 1.165) is 45.3 Å². The number of likely N-dealkylation sites (N-methyl/N-ethyl adjacent to an activating group) is 1. The number of aromatic nitrogens is 3. The lowest BCUT2D eigenvalue weighted by atomic mass is 10.2. The van der Waals surface area contributed by atoms with E-state index in [9.17, 15) is 4.79 Å². The number of hydrogen-bond acceptors (Lipinski definition) is 7. The number of hydrogen-bond donors (Lipinski definition) is 0. The Labute approximate surface area is 149 Å². The molecule has 0 saturated carbocycles. The van der Waals surface area contributed by atoms with Gasteiger partial charge in [-0.3, -0.25) is 4.79 Å². The van der Waals surface area contributed by atoms with Crippen LogP contribution in [-0.4, -0.2) is 72.6 Å². The zero-order valence-electron chi connectivity index (χ0n) is 15.4. The first-order chi connectivity index (χ1) is 12.1. The molecule has 3 rings (SSSR count). The lowest BCUT2D eigenvalue weighted by molar-refractivity contribution is -0.129. The number of nitrogens with zero attached hydrogens (tertiary/aromatic N) is 6. The molecule has 0 spiro atoms. The van der Waals surface area contributed by atoms with E-state index in [1.165, 1.54) is 12.8 Å². The molecule has 2 aliphatic rings. The van der Waals surface area contributed by atoms with Crippen molar-refractivity contribution in [1.29, 1.82) is 0 Å². The first-order valence-corrected chi connectivity index (χ1v) is 9.13. The van der Waals surface area contributed by atoms with Gasteiger partial charge in [-0.05, 0) is 25.7 Å². The monoisotopic (exact) mass is 348 g/mol. The van der Waals surface area contributed by atoms with Crippen LogP contribution in [-0.2, 0) is 4.79 Å². The van der Waals surface area contributed by atoms with Crippen molar-refractivity contribution in [2.24, 2.45) is 0 Å². The molecule has 1 unspecified atom stereocenters. The Kier molecular flexibility index (Phi) is 5.55. The normalized spacial score (nSPS) is 21.2. The van der Waals surface area contributed by atoms with Crippen molar-refractivity contribution in [1.82, 2.24) is 19.9 Å². The van der Waals surface area contributed by atoms with E-state index in [0.29, 0.717) is 17.9 Å². The fourth-order valence-electron chi connectivity index (χ4n) is 3.53. The zero-order valence-corrected chi connectivity index (χ0v) is 15.4. The maximum absolute atomic E-state index is 12.5. The number of rotatable bonds is 4. The van der Waals surface area contributed by atoms with Crippen molar-refractivity contribution in [3.63, 3.8) is 0 Å². The maximum Gasteiger partial charge on any atom is 0.322 e. The van der Waals surface area contributed by atoms with Crippen LogP contribution in [0.25, 0.3) is 0 Å². The minimum absolute atomic E-state index is 0.0909. The van der Waals surface area contributed by atoms with Gasteiger partial charge in [-0.25, -0.2) is 0 Å². The Morgan fingerprint density at radius 3 is 2.32 bits per heavy atom. The largest absolute Gasteiger partial charge is 0.467 e. The highest BCUT2D eigenvalue weighted by molar-refractivity contribution is 5.85. The SMILES string of the molecule is COc1nc(N2CCCCCC2)nc(N2CCCC2C(=O)N(C)C)n1. The highest BCUT2D eigenvalue weighted by atomic mass is 16.5. The van der Waals surface area contributed by atoms with Crippen LogP contribution in [0.15, 0.2) is 0 Å². The molecule has 3 heterocycles. The molecular weight excluding hydrogens is 320 g/mol.